The predicted molar refractivity (Wildman–Crippen MR) is 121 cm³/mol. The minimum atomic E-state index is -1.25. The van der Waals surface area contributed by atoms with E-state index in [4.69, 9.17) is 10.5 Å². The van der Waals surface area contributed by atoms with Gasteiger partial charge in [-0.3, -0.25) is 10.5 Å². The van der Waals surface area contributed by atoms with Gasteiger partial charge in [0.2, 0.25) is 5.91 Å². The quantitative estimate of drug-likeness (QED) is 0.221. The molecule has 0 radical (unpaired) electrons. The molecule has 176 valence electrons. The highest BCUT2D eigenvalue weighted by atomic mass is 16.5. The molecule has 2 atom stereocenters. The van der Waals surface area contributed by atoms with Crippen LogP contribution in [0.5, 0.6) is 5.75 Å². The van der Waals surface area contributed by atoms with E-state index in [1.165, 1.54) is 25.7 Å². The van der Waals surface area contributed by atoms with Crippen LogP contribution in [0.4, 0.5) is 0 Å². The molecular weight excluding hydrogens is 394 g/mol. The van der Waals surface area contributed by atoms with Gasteiger partial charge >= 0.3 is 0 Å². The molecule has 0 fully saturated rings. The van der Waals surface area contributed by atoms with E-state index in [0.29, 0.717) is 11.0 Å². The Bertz CT molecular complexity index is 631. The number of carbonyl (C=O) groups excluding carboxylic acids is 2. The monoisotopic (exact) mass is 435 g/mol. The number of benzene rings is 1. The molecule has 0 bridgehead atoms. The Morgan fingerprint density at radius 1 is 0.968 bits per heavy atom. The number of hydrogen-bond donors (Lipinski definition) is 2. The number of aliphatic carboxylic acids is 1. The lowest BCUT2D eigenvalue weighted by atomic mass is 9.99. The number of nitrogens with two attached hydrogens (primary N) is 1. The molecule has 0 aliphatic heterocycles. The van der Waals surface area contributed by atoms with Gasteiger partial charge in [-0.1, -0.05) is 56.7 Å². The standard InChI is InChI=1S/C24H41N3O4/c1-27(2,3)23(25)21(19-22(28)29)24(30)26-17-13-8-6-4-5-7-9-14-18-31-20-15-11-10-12-16-20/h10-12,15-16,21,23H,4-9,13-14,17-19,25H2,1-3H3,(H-,26,28,29,30). The molecule has 31 heavy (non-hydrogen) atoms. The number of nitrogens with zero attached hydrogens (tertiary/aromatic N) is 1. The molecular formula is C24H41N3O4. The van der Waals surface area contributed by atoms with Crippen molar-refractivity contribution in [3.8, 4) is 5.75 Å². The lowest BCUT2D eigenvalue weighted by Crippen LogP contribution is -2.59. The molecule has 0 saturated heterocycles. The molecule has 0 aliphatic rings. The summed E-state index contributed by atoms with van der Waals surface area (Å²) in [6, 6.07) is 9.89. The van der Waals surface area contributed by atoms with Gasteiger partial charge in [-0.05, 0) is 25.0 Å². The van der Waals surface area contributed by atoms with E-state index in [0.717, 1.165) is 38.0 Å². The molecule has 7 heteroatoms. The molecule has 1 amide bonds. The second kappa shape index (κ2) is 14.8. The second-order valence-electron chi connectivity index (χ2n) is 9.07. The van der Waals surface area contributed by atoms with E-state index in [1.54, 1.807) is 0 Å². The molecule has 1 aromatic carbocycles. The average molecular weight is 436 g/mol. The first-order valence-corrected chi connectivity index (χ1v) is 11.4. The first-order chi connectivity index (χ1) is 14.7. The van der Waals surface area contributed by atoms with Gasteiger partial charge in [-0.25, -0.2) is 0 Å². The van der Waals surface area contributed by atoms with E-state index in [9.17, 15) is 14.7 Å². The Labute approximate surface area is 187 Å². The summed E-state index contributed by atoms with van der Waals surface area (Å²) in [7, 11) is 5.53. The lowest BCUT2D eigenvalue weighted by Gasteiger charge is -2.35. The van der Waals surface area contributed by atoms with Gasteiger partial charge < -0.3 is 24.4 Å². The van der Waals surface area contributed by atoms with Gasteiger partial charge in [0.1, 0.15) is 11.7 Å². The molecule has 7 nitrogen and oxygen atoms in total. The van der Waals surface area contributed by atoms with Crippen LogP contribution in [0, 0.1) is 5.92 Å². The molecule has 0 spiro atoms. The second-order valence-corrected chi connectivity index (χ2v) is 9.07. The zero-order valence-corrected chi connectivity index (χ0v) is 19.5. The third-order valence-corrected chi connectivity index (χ3v) is 5.41. The normalized spacial score (nSPS) is 13.4. The van der Waals surface area contributed by atoms with E-state index in [1.807, 2.05) is 51.5 Å². The van der Waals surface area contributed by atoms with E-state index >= 15 is 0 Å². The maximum atomic E-state index is 12.4. The zero-order chi connectivity index (χ0) is 23.1. The number of carboxylic acid groups (broad SMARTS) is 1. The zero-order valence-electron chi connectivity index (χ0n) is 19.5. The van der Waals surface area contributed by atoms with Gasteiger partial charge in [0.25, 0.3) is 0 Å². The summed E-state index contributed by atoms with van der Waals surface area (Å²) in [5.74, 6) is -1.42. The number of nitrogens with one attached hydrogen (secondary N) is 1. The molecule has 0 heterocycles. The minimum absolute atomic E-state index is 0.303. The maximum Gasteiger partial charge on any atom is 0.231 e. The lowest BCUT2D eigenvalue weighted by molar-refractivity contribution is -0.898. The molecule has 0 aromatic heterocycles. The maximum absolute atomic E-state index is 12.4. The average Bonchev–Trinajstić information content (AvgIpc) is 2.72. The number of ether oxygens (including phenoxy) is 1. The van der Waals surface area contributed by atoms with E-state index < -0.39 is 18.1 Å². The van der Waals surface area contributed by atoms with Gasteiger partial charge in [0, 0.05) is 18.9 Å². The van der Waals surface area contributed by atoms with Crippen molar-refractivity contribution in [2.45, 2.75) is 64.0 Å². The van der Waals surface area contributed by atoms with Crippen molar-refractivity contribution in [1.29, 1.82) is 0 Å². The highest BCUT2D eigenvalue weighted by molar-refractivity contribution is 5.83. The van der Waals surface area contributed by atoms with Crippen LogP contribution >= 0.6 is 0 Å². The van der Waals surface area contributed by atoms with E-state index in [2.05, 4.69) is 5.32 Å². The van der Waals surface area contributed by atoms with Crippen LogP contribution in [0.1, 0.15) is 57.8 Å². The largest absolute Gasteiger partial charge is 0.550 e. The first kappa shape index (κ1) is 26.9. The SMILES string of the molecule is C[N+](C)(C)C(N)C(CC(=O)[O-])C(=O)NCCCCCCCCCCOc1ccccc1. The van der Waals surface area contributed by atoms with Crippen molar-refractivity contribution in [2.75, 3.05) is 34.3 Å². The van der Waals surface area contributed by atoms with Crippen LogP contribution in [0.2, 0.25) is 0 Å². The van der Waals surface area contributed by atoms with Gasteiger partial charge in [-0.15, -0.1) is 0 Å². The van der Waals surface area contributed by atoms with Crippen molar-refractivity contribution >= 4 is 11.9 Å². The highest BCUT2D eigenvalue weighted by Gasteiger charge is 2.34. The van der Waals surface area contributed by atoms with Gasteiger partial charge in [0.15, 0.2) is 6.17 Å². The summed E-state index contributed by atoms with van der Waals surface area (Å²) in [5, 5.41) is 13.9. The number of amides is 1. The number of carbonyl (C=O) groups is 2. The van der Waals surface area contributed by atoms with Crippen molar-refractivity contribution in [3.05, 3.63) is 30.3 Å². The number of hydrogen-bond acceptors (Lipinski definition) is 5. The van der Waals surface area contributed by atoms with Crippen LogP contribution in [-0.2, 0) is 9.59 Å². The number of carboxylic acids is 1. The van der Waals surface area contributed by atoms with Crippen molar-refractivity contribution < 1.29 is 23.9 Å². The Morgan fingerprint density at radius 2 is 1.52 bits per heavy atom. The fourth-order valence-electron chi connectivity index (χ4n) is 3.43. The predicted octanol–water partition coefficient (Wildman–Crippen LogP) is 2.05. The van der Waals surface area contributed by atoms with Crippen LogP contribution in [-0.4, -0.2) is 56.8 Å². The van der Waals surface area contributed by atoms with Crippen LogP contribution in [0.25, 0.3) is 0 Å². The van der Waals surface area contributed by atoms with Crippen LogP contribution in [0.15, 0.2) is 30.3 Å². The topological polar surface area (TPSA) is 104 Å². The molecule has 3 N–H and O–H groups in total. The fourth-order valence-corrected chi connectivity index (χ4v) is 3.43. The van der Waals surface area contributed by atoms with Crippen molar-refractivity contribution in [1.82, 2.24) is 5.32 Å². The Morgan fingerprint density at radius 3 is 2.06 bits per heavy atom. The molecule has 1 rings (SSSR count). The number of para-hydroxylation sites is 1. The molecule has 1 aromatic rings. The third-order valence-electron chi connectivity index (χ3n) is 5.41. The Kier molecular flexibility index (Phi) is 12.9. The van der Waals surface area contributed by atoms with Crippen molar-refractivity contribution in [3.63, 3.8) is 0 Å². The Hall–Kier alpha value is -2.12. The highest BCUT2D eigenvalue weighted by Crippen LogP contribution is 2.14. The fraction of sp³-hybridized carbons (Fsp3) is 0.667. The molecule has 0 aliphatic carbocycles. The van der Waals surface area contributed by atoms with Crippen molar-refractivity contribution in [2.24, 2.45) is 11.7 Å². The van der Waals surface area contributed by atoms with Crippen LogP contribution in [0.3, 0.4) is 0 Å². The van der Waals surface area contributed by atoms with E-state index in [-0.39, 0.29) is 12.3 Å². The van der Waals surface area contributed by atoms with Gasteiger partial charge in [-0.2, -0.15) is 0 Å². The smallest absolute Gasteiger partial charge is 0.231 e. The number of rotatable bonds is 17. The molecule has 0 saturated carbocycles. The number of quaternary nitrogens is 1. The summed E-state index contributed by atoms with van der Waals surface area (Å²) >= 11 is 0. The summed E-state index contributed by atoms with van der Waals surface area (Å²) in [6.45, 7) is 1.31. The summed E-state index contributed by atoms with van der Waals surface area (Å²) in [4.78, 5) is 23.4. The third kappa shape index (κ3) is 12.4. The molecule has 2 unspecified atom stereocenters. The Balaban J connectivity index is 2.05. The van der Waals surface area contributed by atoms with Gasteiger partial charge in [0.05, 0.1) is 27.7 Å². The minimum Gasteiger partial charge on any atom is -0.550 e. The summed E-state index contributed by atoms with van der Waals surface area (Å²) < 4.78 is 6.00. The van der Waals surface area contributed by atoms with Crippen LogP contribution < -0.4 is 20.9 Å². The first-order valence-electron chi connectivity index (χ1n) is 11.4. The summed E-state index contributed by atoms with van der Waals surface area (Å²) in [6.07, 6.45) is 7.96. The number of unbranched alkanes of at least 4 members (excludes halogenated alkanes) is 7. The summed E-state index contributed by atoms with van der Waals surface area (Å²) in [5.41, 5.74) is 6.12.